The Kier molecular flexibility index (Phi) is 176. The van der Waals surface area contributed by atoms with Crippen molar-refractivity contribution in [2.75, 3.05) is 66.1 Å². The van der Waals surface area contributed by atoms with Gasteiger partial charge in [0, 0.05) is 38.5 Å². The van der Waals surface area contributed by atoms with Crippen molar-refractivity contribution in [3.63, 3.8) is 0 Å². The summed E-state index contributed by atoms with van der Waals surface area (Å²) in [5, 5.41) is 171. The van der Waals surface area contributed by atoms with E-state index in [0.717, 1.165) is 270 Å². The van der Waals surface area contributed by atoms with Crippen molar-refractivity contribution >= 4 is 35.8 Å². The Bertz CT molecular complexity index is 2710. The second-order valence-electron chi connectivity index (χ2n) is 35.1. The first-order valence-corrected chi connectivity index (χ1v) is 56.2. The third kappa shape index (κ3) is 208. The molecule has 0 aliphatic carbocycles. The van der Waals surface area contributed by atoms with E-state index in [0.29, 0.717) is 38.5 Å². The predicted molar refractivity (Wildman–Crippen MR) is 622 cm³/mol. The quantitative estimate of drug-likeness (QED) is 0.0199. The lowest BCUT2D eigenvalue weighted by Gasteiger charge is -1.98. The number of aliphatic hydroxyl groups excluding tert-OH is 15. The van der Waals surface area contributed by atoms with Gasteiger partial charge in [-0.15, -0.1) is 0 Å². The van der Waals surface area contributed by atoms with Crippen LogP contribution in [0.1, 0.15) is 427 Å². The van der Waals surface area contributed by atoms with Crippen LogP contribution in [-0.4, -0.2) is 240 Å². The zero-order valence-electron chi connectivity index (χ0n) is 94.0. The molecule has 0 amide bonds. The summed E-state index contributed by atoms with van der Waals surface area (Å²) in [5.74, 6) is -4.05. The number of hydrogen-bond donors (Lipinski definition) is 21. The highest BCUT2D eigenvalue weighted by Gasteiger charge is 2.04. The minimum atomic E-state index is -0.954. The molecule has 0 aromatic carbocycles. The van der Waals surface area contributed by atoms with Crippen molar-refractivity contribution in [1.82, 2.24) is 0 Å². The van der Waals surface area contributed by atoms with E-state index >= 15 is 0 Å². The summed E-state index contributed by atoms with van der Waals surface area (Å²) >= 11 is 0. The van der Waals surface area contributed by atoms with E-state index in [4.69, 9.17) is 107 Å². The molecule has 0 spiro atoms. The van der Waals surface area contributed by atoms with E-state index in [2.05, 4.69) is 260 Å². The maximum absolute atomic E-state index is 10.3. The number of allylic oxidation sites excluding steroid dienone is 36. The van der Waals surface area contributed by atoms with E-state index in [1.165, 1.54) is 77.0 Å². The van der Waals surface area contributed by atoms with Crippen LogP contribution in [0.15, 0.2) is 219 Å². The third-order valence-corrected chi connectivity index (χ3v) is 20.4. The van der Waals surface area contributed by atoms with Gasteiger partial charge in [-0.05, 0) is 231 Å². The Morgan fingerprint density at radius 3 is 0.313 bits per heavy atom. The first kappa shape index (κ1) is 164. The molecule has 0 saturated heterocycles. The first-order chi connectivity index (χ1) is 72.7. The number of aliphatic carboxylic acids is 6. The normalized spacial score (nSPS) is 11.6. The second-order valence-corrected chi connectivity index (χ2v) is 35.1. The van der Waals surface area contributed by atoms with Gasteiger partial charge in [-0.1, -0.05) is 376 Å². The summed E-state index contributed by atoms with van der Waals surface area (Å²) in [7, 11) is 0. The Morgan fingerprint density at radius 1 is 0.140 bits per heavy atom. The van der Waals surface area contributed by atoms with Crippen molar-refractivity contribution in [3.05, 3.63) is 219 Å². The minimum Gasteiger partial charge on any atom is -0.481 e. The minimum absolute atomic E-state index is 0.319. The van der Waals surface area contributed by atoms with Gasteiger partial charge in [0.2, 0.25) is 0 Å². The number of carbonyl (C=O) groups is 6. The maximum atomic E-state index is 10.3. The Balaban J connectivity index is -0.000000162. The molecule has 0 aliphatic heterocycles. The molecule has 0 rings (SSSR count). The van der Waals surface area contributed by atoms with Gasteiger partial charge in [0.1, 0.15) is 30.5 Å². The Morgan fingerprint density at radius 2 is 0.227 bits per heavy atom. The van der Waals surface area contributed by atoms with Crippen LogP contribution in [0.2, 0.25) is 0 Å². The van der Waals surface area contributed by atoms with Crippen LogP contribution >= 0.6 is 0 Å². The zero-order chi connectivity index (χ0) is 114. The summed E-state index contributed by atoms with van der Waals surface area (Å²) in [6, 6.07) is 0. The molecule has 874 valence electrons. The van der Waals surface area contributed by atoms with Gasteiger partial charge in [0.25, 0.3) is 0 Å². The molecule has 0 radical (unpaired) electrons. The number of unbranched alkanes of at least 4 members (excludes halogenated alkanes) is 30. The molecule has 0 fully saturated rings. The molecular weight excluding hydrogens is 1910 g/mol. The van der Waals surface area contributed by atoms with Crippen LogP contribution in [-0.2, 0) is 28.8 Å². The highest BCUT2D eigenvalue weighted by Crippen LogP contribution is 2.15. The van der Waals surface area contributed by atoms with Gasteiger partial charge in [0.05, 0.1) is 66.1 Å². The molecule has 0 aromatic rings. The number of carboxylic acids is 6. The van der Waals surface area contributed by atoms with E-state index in [-0.39, 0.29) is 66.1 Å². The van der Waals surface area contributed by atoms with Crippen molar-refractivity contribution in [2.24, 2.45) is 0 Å². The lowest BCUT2D eigenvalue weighted by molar-refractivity contribution is -0.138. The highest BCUT2D eigenvalue weighted by molar-refractivity contribution is 5.68. The molecule has 0 aromatic heterocycles. The van der Waals surface area contributed by atoms with Crippen molar-refractivity contribution in [2.45, 2.75) is 457 Å². The number of aliphatic hydroxyl groups is 15. The van der Waals surface area contributed by atoms with Crippen LogP contribution in [0, 0.1) is 0 Å². The number of rotatable bonds is 88. The maximum Gasteiger partial charge on any atom is 0.303 e. The van der Waals surface area contributed by atoms with Gasteiger partial charge < -0.3 is 107 Å². The van der Waals surface area contributed by atoms with Gasteiger partial charge >= 0.3 is 35.8 Å². The molecule has 27 heteroatoms. The molecule has 21 N–H and O–H groups in total. The monoisotopic (exact) mass is 2130 g/mol. The largest absolute Gasteiger partial charge is 0.481 e. The van der Waals surface area contributed by atoms with Gasteiger partial charge in [-0.25, -0.2) is 0 Å². The highest BCUT2D eigenvalue weighted by atomic mass is 16.4. The average molecular weight is 2130 g/mol. The number of carboxylic acid groups (broad SMARTS) is 6. The molecule has 150 heavy (non-hydrogen) atoms. The first-order valence-electron chi connectivity index (χ1n) is 56.2. The third-order valence-electron chi connectivity index (χ3n) is 20.4. The molecule has 0 heterocycles. The summed E-state index contributed by atoms with van der Waals surface area (Å²) in [6.07, 6.45) is 136. The fourth-order valence-electron chi connectivity index (χ4n) is 11.7. The van der Waals surface area contributed by atoms with Gasteiger partial charge in [-0.2, -0.15) is 0 Å². The van der Waals surface area contributed by atoms with E-state index < -0.39 is 66.3 Å². The van der Waals surface area contributed by atoms with Crippen molar-refractivity contribution < 1.29 is 136 Å². The molecule has 0 aliphatic rings. The topological polar surface area (TPSA) is 527 Å². The molecule has 0 saturated carbocycles. The molecule has 0 atom stereocenters. The lowest BCUT2D eigenvalue weighted by atomic mass is 10.1. The standard InChI is InChI=1S/6C18H30O2.5C3H8O3/c6*1-2-3-4-5-6-7-8-9-10-11-12-13-14-15-16-17-18(19)20;5*4-1-3(6)2-5/h6*3-4,6-7,9-10H,2,5,8,11-17H2,1H3,(H,19,20);5*3-6H,1-2H2/b6*4-3-,7-6-,10-9-;;;;;. The van der Waals surface area contributed by atoms with Crippen molar-refractivity contribution in [1.29, 1.82) is 0 Å². The SMILES string of the molecule is CC/C=C\C/C=C\C/C=C\CCCCCCCC(=O)O.CC/C=C\C/C=C\C/C=C\CCCCCCCC(=O)O.CC/C=C\C/C=C\C/C=C\CCCCCCCC(=O)O.CC/C=C\C/C=C\C/C=C\CCCCCCCC(=O)O.CC/C=C\C/C=C\C/C=C\CCCCCCCC(=O)O.CC/C=C\C/C=C\C/C=C\CCCCCCCC(=O)O.OCC(O)CO.OCC(O)CO.OCC(O)CO.OCC(O)CO.OCC(O)CO. The van der Waals surface area contributed by atoms with Crippen LogP contribution in [0.4, 0.5) is 0 Å². The van der Waals surface area contributed by atoms with E-state index in [1.807, 2.05) is 0 Å². The summed E-state index contributed by atoms with van der Waals surface area (Å²) in [5.41, 5.74) is 0. The Labute approximate surface area is 909 Å². The van der Waals surface area contributed by atoms with E-state index in [1.54, 1.807) is 0 Å². The second kappa shape index (κ2) is 161. The summed E-state index contributed by atoms with van der Waals surface area (Å²) in [6.45, 7) is 9.24. The fraction of sp³-hybridized carbons (Fsp3) is 0.659. The lowest BCUT2D eigenvalue weighted by Crippen LogP contribution is -2.15. The van der Waals surface area contributed by atoms with Crippen LogP contribution in [0.5, 0.6) is 0 Å². The fourth-order valence-corrected chi connectivity index (χ4v) is 11.7. The molecular formula is C123H220O27. The molecule has 0 unspecified atom stereocenters. The molecule has 27 nitrogen and oxygen atoms in total. The van der Waals surface area contributed by atoms with Crippen LogP contribution < -0.4 is 0 Å². The summed E-state index contributed by atoms with van der Waals surface area (Å²) in [4.78, 5) is 61.9. The van der Waals surface area contributed by atoms with Gasteiger partial charge in [-0.3, -0.25) is 28.8 Å². The smallest absolute Gasteiger partial charge is 0.303 e. The van der Waals surface area contributed by atoms with Crippen LogP contribution in [0.25, 0.3) is 0 Å². The predicted octanol–water partition coefficient (Wildman–Crippen LogP) is 25.6. The Hall–Kier alpha value is -8.46. The van der Waals surface area contributed by atoms with Crippen LogP contribution in [0.3, 0.4) is 0 Å². The van der Waals surface area contributed by atoms with Crippen molar-refractivity contribution in [3.8, 4) is 0 Å². The summed E-state index contributed by atoms with van der Waals surface area (Å²) < 4.78 is 0. The van der Waals surface area contributed by atoms with E-state index in [9.17, 15) is 28.8 Å². The average Bonchev–Trinajstić information content (AvgIpc) is 1.10. The number of hydrogen-bond acceptors (Lipinski definition) is 21. The zero-order valence-corrected chi connectivity index (χ0v) is 94.0. The van der Waals surface area contributed by atoms with Gasteiger partial charge in [0.15, 0.2) is 0 Å². The molecule has 0 bridgehead atoms.